The average molecular weight is 129 g/mol. The zero-order valence-electron chi connectivity index (χ0n) is 6.31. The molecule has 1 atom stereocenters. The Kier molecular flexibility index (Phi) is 4.36. The smallest absolute Gasteiger partial charge is 0.0847 e. The van der Waals surface area contributed by atoms with Crippen LogP contribution < -0.4 is 5.32 Å². The van der Waals surface area contributed by atoms with Gasteiger partial charge < -0.3 is 10.4 Å². The second-order valence-electron chi connectivity index (χ2n) is 2.37. The van der Waals surface area contributed by atoms with Crippen molar-refractivity contribution in [3.05, 3.63) is 11.6 Å². The molecule has 2 heteroatoms. The molecule has 0 fully saturated rings. The van der Waals surface area contributed by atoms with E-state index in [1.54, 1.807) is 0 Å². The van der Waals surface area contributed by atoms with Gasteiger partial charge in [-0.05, 0) is 20.9 Å². The molecule has 0 bridgehead atoms. The van der Waals surface area contributed by atoms with Gasteiger partial charge >= 0.3 is 0 Å². The van der Waals surface area contributed by atoms with Crippen LogP contribution in [-0.2, 0) is 0 Å². The largest absolute Gasteiger partial charge is 0.388 e. The first-order valence-corrected chi connectivity index (χ1v) is 3.14. The highest BCUT2D eigenvalue weighted by Gasteiger charge is 1.94. The Hall–Kier alpha value is -0.340. The normalized spacial score (nSPS) is 12.9. The van der Waals surface area contributed by atoms with Crippen molar-refractivity contribution in [2.24, 2.45) is 0 Å². The summed E-state index contributed by atoms with van der Waals surface area (Å²) in [4.78, 5) is 0. The highest BCUT2D eigenvalue weighted by molar-refractivity contribution is 4.98. The highest BCUT2D eigenvalue weighted by atomic mass is 16.3. The zero-order chi connectivity index (χ0) is 7.28. The topological polar surface area (TPSA) is 32.3 Å². The lowest BCUT2D eigenvalue weighted by Gasteiger charge is -2.03. The molecule has 9 heavy (non-hydrogen) atoms. The van der Waals surface area contributed by atoms with Crippen molar-refractivity contribution >= 4 is 0 Å². The molecule has 0 saturated heterocycles. The third-order valence-electron chi connectivity index (χ3n) is 0.939. The van der Waals surface area contributed by atoms with E-state index < -0.39 is 0 Å². The summed E-state index contributed by atoms with van der Waals surface area (Å²) in [6.45, 7) is 4.57. The van der Waals surface area contributed by atoms with Crippen LogP contribution in [0, 0.1) is 0 Å². The van der Waals surface area contributed by atoms with Crippen LogP contribution in [0.2, 0.25) is 0 Å². The SMILES string of the molecule is CNCC(O)C=C(C)C. The standard InChI is InChI=1S/C7H15NO/c1-6(2)4-7(9)5-8-3/h4,7-9H,5H2,1-3H3. The maximum Gasteiger partial charge on any atom is 0.0847 e. The number of aliphatic hydroxyl groups excluding tert-OH is 1. The van der Waals surface area contributed by atoms with Gasteiger partial charge in [0.2, 0.25) is 0 Å². The summed E-state index contributed by atoms with van der Waals surface area (Å²) < 4.78 is 0. The molecule has 0 aliphatic carbocycles. The molecular formula is C7H15NO. The average Bonchev–Trinajstić information content (AvgIpc) is 1.63. The predicted molar refractivity (Wildman–Crippen MR) is 39.4 cm³/mol. The maximum absolute atomic E-state index is 9.08. The Balaban J connectivity index is 3.49. The van der Waals surface area contributed by atoms with E-state index in [0.717, 1.165) is 5.57 Å². The predicted octanol–water partition coefficient (Wildman–Crippen LogP) is 0.533. The molecule has 0 aliphatic heterocycles. The van der Waals surface area contributed by atoms with Crippen LogP contribution in [0.25, 0.3) is 0 Å². The molecule has 54 valence electrons. The molecule has 0 aromatic rings. The summed E-state index contributed by atoms with van der Waals surface area (Å²) >= 11 is 0. The van der Waals surface area contributed by atoms with Crippen molar-refractivity contribution in [3.63, 3.8) is 0 Å². The molecule has 0 saturated carbocycles. The van der Waals surface area contributed by atoms with Crippen LogP contribution >= 0.6 is 0 Å². The fourth-order valence-corrected chi connectivity index (χ4v) is 0.653. The fourth-order valence-electron chi connectivity index (χ4n) is 0.653. The lowest BCUT2D eigenvalue weighted by molar-refractivity contribution is 0.221. The minimum absolute atomic E-state index is 0.333. The fraction of sp³-hybridized carbons (Fsp3) is 0.714. The van der Waals surface area contributed by atoms with Gasteiger partial charge in [-0.15, -0.1) is 0 Å². The molecule has 0 rings (SSSR count). The lowest BCUT2D eigenvalue weighted by atomic mass is 10.2. The van der Waals surface area contributed by atoms with Crippen molar-refractivity contribution < 1.29 is 5.11 Å². The summed E-state index contributed by atoms with van der Waals surface area (Å²) in [6.07, 6.45) is 1.50. The Morgan fingerprint density at radius 2 is 2.22 bits per heavy atom. The Labute approximate surface area is 56.6 Å². The van der Waals surface area contributed by atoms with Gasteiger partial charge in [-0.25, -0.2) is 0 Å². The van der Waals surface area contributed by atoms with E-state index in [-0.39, 0.29) is 6.10 Å². The minimum atomic E-state index is -0.333. The first-order chi connectivity index (χ1) is 4.16. The lowest BCUT2D eigenvalue weighted by Crippen LogP contribution is -2.21. The summed E-state index contributed by atoms with van der Waals surface area (Å²) in [7, 11) is 1.82. The first kappa shape index (κ1) is 8.66. The van der Waals surface area contributed by atoms with Gasteiger partial charge in [0, 0.05) is 6.54 Å². The molecule has 0 amide bonds. The summed E-state index contributed by atoms with van der Waals surface area (Å²) in [5.74, 6) is 0. The van der Waals surface area contributed by atoms with Crippen molar-refractivity contribution in [2.45, 2.75) is 20.0 Å². The number of nitrogens with one attached hydrogen (secondary N) is 1. The third-order valence-corrected chi connectivity index (χ3v) is 0.939. The van der Waals surface area contributed by atoms with Gasteiger partial charge in [0.15, 0.2) is 0 Å². The zero-order valence-corrected chi connectivity index (χ0v) is 6.31. The van der Waals surface area contributed by atoms with Crippen LogP contribution in [-0.4, -0.2) is 24.8 Å². The first-order valence-electron chi connectivity index (χ1n) is 3.14. The van der Waals surface area contributed by atoms with Crippen LogP contribution in [0.15, 0.2) is 11.6 Å². The second-order valence-corrected chi connectivity index (χ2v) is 2.37. The van der Waals surface area contributed by atoms with Crippen molar-refractivity contribution in [1.82, 2.24) is 5.32 Å². The summed E-state index contributed by atoms with van der Waals surface area (Å²) in [6, 6.07) is 0. The van der Waals surface area contributed by atoms with E-state index in [1.807, 2.05) is 27.0 Å². The summed E-state index contributed by atoms with van der Waals surface area (Å²) in [5.41, 5.74) is 1.15. The van der Waals surface area contributed by atoms with Gasteiger partial charge in [-0.1, -0.05) is 11.6 Å². The third kappa shape index (κ3) is 5.53. The molecule has 1 unspecified atom stereocenters. The Morgan fingerprint density at radius 1 is 1.67 bits per heavy atom. The van der Waals surface area contributed by atoms with E-state index in [1.165, 1.54) is 0 Å². The molecule has 0 heterocycles. The van der Waals surface area contributed by atoms with Gasteiger partial charge in [0.05, 0.1) is 6.10 Å². The number of aliphatic hydroxyl groups is 1. The van der Waals surface area contributed by atoms with E-state index in [0.29, 0.717) is 6.54 Å². The quantitative estimate of drug-likeness (QED) is 0.545. The number of hydrogen-bond donors (Lipinski definition) is 2. The maximum atomic E-state index is 9.08. The molecule has 2 N–H and O–H groups in total. The van der Waals surface area contributed by atoms with E-state index >= 15 is 0 Å². The summed E-state index contributed by atoms with van der Waals surface area (Å²) in [5, 5.41) is 12.0. The molecule has 2 nitrogen and oxygen atoms in total. The molecular weight excluding hydrogens is 114 g/mol. The molecule has 0 radical (unpaired) electrons. The molecule has 0 spiro atoms. The van der Waals surface area contributed by atoms with Crippen molar-refractivity contribution in [1.29, 1.82) is 0 Å². The molecule has 0 aromatic heterocycles. The minimum Gasteiger partial charge on any atom is -0.388 e. The second kappa shape index (κ2) is 4.53. The number of allylic oxidation sites excluding steroid dienone is 1. The number of rotatable bonds is 3. The monoisotopic (exact) mass is 129 g/mol. The van der Waals surface area contributed by atoms with Crippen LogP contribution in [0.5, 0.6) is 0 Å². The van der Waals surface area contributed by atoms with Gasteiger partial charge in [0.25, 0.3) is 0 Å². The van der Waals surface area contributed by atoms with Gasteiger partial charge in [-0.2, -0.15) is 0 Å². The Bertz CT molecular complexity index is 95.1. The van der Waals surface area contributed by atoms with Crippen molar-refractivity contribution in [3.8, 4) is 0 Å². The number of likely N-dealkylation sites (N-methyl/N-ethyl adjacent to an activating group) is 1. The van der Waals surface area contributed by atoms with Gasteiger partial charge in [0.1, 0.15) is 0 Å². The van der Waals surface area contributed by atoms with Gasteiger partial charge in [-0.3, -0.25) is 0 Å². The van der Waals surface area contributed by atoms with E-state index in [4.69, 9.17) is 5.11 Å². The van der Waals surface area contributed by atoms with Crippen molar-refractivity contribution in [2.75, 3.05) is 13.6 Å². The highest BCUT2D eigenvalue weighted by Crippen LogP contribution is 1.91. The molecule has 0 aromatic carbocycles. The van der Waals surface area contributed by atoms with E-state index in [2.05, 4.69) is 5.32 Å². The van der Waals surface area contributed by atoms with Crippen LogP contribution in [0.1, 0.15) is 13.8 Å². The van der Waals surface area contributed by atoms with Crippen LogP contribution in [0.3, 0.4) is 0 Å². The Morgan fingerprint density at radius 3 is 2.56 bits per heavy atom. The number of hydrogen-bond acceptors (Lipinski definition) is 2. The molecule has 0 aliphatic rings. The van der Waals surface area contributed by atoms with E-state index in [9.17, 15) is 0 Å². The van der Waals surface area contributed by atoms with Crippen LogP contribution in [0.4, 0.5) is 0 Å².